The van der Waals surface area contributed by atoms with Crippen LogP contribution in [0.4, 0.5) is 5.69 Å². The van der Waals surface area contributed by atoms with E-state index >= 15 is 0 Å². The van der Waals surface area contributed by atoms with E-state index in [0.29, 0.717) is 16.6 Å². The number of hydrogen-bond donors (Lipinski definition) is 1. The van der Waals surface area contributed by atoms with E-state index in [0.717, 1.165) is 54.7 Å². The van der Waals surface area contributed by atoms with Gasteiger partial charge in [-0.1, -0.05) is 72.3 Å². The first-order valence-corrected chi connectivity index (χ1v) is 12.1. The first-order chi connectivity index (χ1) is 16.6. The van der Waals surface area contributed by atoms with Crippen molar-refractivity contribution in [2.75, 3.05) is 25.0 Å². The van der Waals surface area contributed by atoms with Crippen molar-refractivity contribution in [1.82, 2.24) is 4.90 Å². The molecule has 172 valence electrons. The number of rotatable bonds is 6. The average molecular weight is 471 g/mol. The van der Waals surface area contributed by atoms with Gasteiger partial charge in [0.25, 0.3) is 0 Å². The maximum absolute atomic E-state index is 12.2. The highest BCUT2D eigenvalue weighted by atomic mass is 35.5. The highest BCUT2D eigenvalue weighted by Crippen LogP contribution is 2.30. The van der Waals surface area contributed by atoms with Crippen molar-refractivity contribution in [3.8, 4) is 11.1 Å². The Morgan fingerprint density at radius 1 is 0.941 bits per heavy atom. The molecule has 1 aliphatic rings. The lowest BCUT2D eigenvalue weighted by molar-refractivity contribution is 0.240. The Kier molecular flexibility index (Phi) is 6.79. The number of fused-ring (bicyclic) bond motifs is 1. The number of piperidine rings is 1. The second-order valence-electron chi connectivity index (χ2n) is 8.73. The molecule has 0 unspecified atom stereocenters. The van der Waals surface area contributed by atoms with E-state index in [2.05, 4.69) is 52.7 Å². The predicted octanol–water partition coefficient (Wildman–Crippen LogP) is 6.70. The third kappa shape index (κ3) is 5.41. The second-order valence-corrected chi connectivity index (χ2v) is 9.17. The van der Waals surface area contributed by atoms with Crippen molar-refractivity contribution in [3.05, 3.63) is 106 Å². The number of nitrogens with zero attached hydrogens (tertiary/aromatic N) is 1. The topological polar surface area (TPSA) is 45.5 Å². The van der Waals surface area contributed by atoms with E-state index in [1.807, 2.05) is 42.5 Å². The first kappa shape index (κ1) is 22.5. The smallest absolute Gasteiger partial charge is 0.338 e. The lowest BCUT2D eigenvalue weighted by atomic mass is 10.0. The second kappa shape index (κ2) is 10.3. The van der Waals surface area contributed by atoms with E-state index in [-0.39, 0.29) is 5.63 Å². The summed E-state index contributed by atoms with van der Waals surface area (Å²) in [6.07, 6.45) is 6.46. The Morgan fingerprint density at radius 3 is 2.44 bits per heavy atom. The summed E-state index contributed by atoms with van der Waals surface area (Å²) in [5.41, 5.74) is 4.45. The molecule has 0 aliphatic carbocycles. The van der Waals surface area contributed by atoms with Gasteiger partial charge in [-0.15, -0.1) is 0 Å². The van der Waals surface area contributed by atoms with Crippen LogP contribution in [0.3, 0.4) is 0 Å². The number of anilines is 1. The molecule has 2 heterocycles. The zero-order chi connectivity index (χ0) is 23.3. The van der Waals surface area contributed by atoms with E-state index in [1.54, 1.807) is 6.07 Å². The largest absolute Gasteiger partial charge is 0.423 e. The molecule has 0 saturated carbocycles. The van der Waals surface area contributed by atoms with Gasteiger partial charge in [-0.05, 0) is 53.8 Å². The highest BCUT2D eigenvalue weighted by molar-refractivity contribution is 6.30. The molecule has 4 nitrogen and oxygen atoms in total. The monoisotopic (exact) mass is 470 g/mol. The summed E-state index contributed by atoms with van der Waals surface area (Å²) in [7, 11) is 0. The predicted molar refractivity (Wildman–Crippen MR) is 141 cm³/mol. The molecule has 0 bridgehead atoms. The van der Waals surface area contributed by atoms with E-state index in [1.165, 1.54) is 5.56 Å². The maximum Gasteiger partial charge on any atom is 0.338 e. The summed E-state index contributed by atoms with van der Waals surface area (Å²) in [6.45, 7) is 2.99. The van der Waals surface area contributed by atoms with Gasteiger partial charge >= 0.3 is 5.63 Å². The molecule has 1 aromatic heterocycles. The lowest BCUT2D eigenvalue weighted by Crippen LogP contribution is -2.39. The summed E-state index contributed by atoms with van der Waals surface area (Å²) in [5.74, 6) is 0. The average Bonchev–Trinajstić information content (AvgIpc) is 2.86. The summed E-state index contributed by atoms with van der Waals surface area (Å²) < 4.78 is 5.47. The molecule has 34 heavy (non-hydrogen) atoms. The van der Waals surface area contributed by atoms with Crippen molar-refractivity contribution < 1.29 is 4.42 Å². The van der Waals surface area contributed by atoms with Crippen molar-refractivity contribution in [1.29, 1.82) is 0 Å². The van der Waals surface area contributed by atoms with Crippen LogP contribution in [-0.4, -0.2) is 30.6 Å². The van der Waals surface area contributed by atoms with Crippen LogP contribution in [0.5, 0.6) is 0 Å². The molecular weight excluding hydrogens is 444 g/mol. The quantitative estimate of drug-likeness (QED) is 0.318. The molecule has 1 fully saturated rings. The Hall–Kier alpha value is -3.34. The lowest BCUT2D eigenvalue weighted by Gasteiger charge is -2.32. The maximum atomic E-state index is 12.2. The molecule has 5 rings (SSSR count). The van der Waals surface area contributed by atoms with Crippen LogP contribution < -0.4 is 10.9 Å². The summed E-state index contributed by atoms with van der Waals surface area (Å²) in [6, 6.07) is 26.0. The van der Waals surface area contributed by atoms with Crippen LogP contribution in [0, 0.1) is 0 Å². The molecule has 5 heteroatoms. The van der Waals surface area contributed by atoms with Crippen LogP contribution in [0.25, 0.3) is 28.2 Å². The van der Waals surface area contributed by atoms with Gasteiger partial charge in [-0.25, -0.2) is 4.79 Å². The van der Waals surface area contributed by atoms with Gasteiger partial charge < -0.3 is 9.73 Å². The Balaban J connectivity index is 1.27. The van der Waals surface area contributed by atoms with Crippen LogP contribution in [0.1, 0.15) is 18.4 Å². The zero-order valence-electron chi connectivity index (χ0n) is 18.9. The van der Waals surface area contributed by atoms with Gasteiger partial charge in [0.2, 0.25) is 0 Å². The van der Waals surface area contributed by atoms with Crippen molar-refractivity contribution in [2.24, 2.45) is 0 Å². The fourth-order valence-electron chi connectivity index (χ4n) is 4.49. The number of nitrogens with one attached hydrogen (secondary N) is 1. The number of hydrogen-bond acceptors (Lipinski definition) is 4. The standard InChI is InChI=1S/C29H27ClN2O2/c30-24-11-8-22(9-12-24)23-10-13-28-26(19-23)27(20-29(33)34-28)31-25-14-17-32(18-15-25)16-4-7-21-5-2-1-3-6-21/h1-13,19-20,25,31H,14-18H2/b7-4+. The molecule has 1 N–H and O–H groups in total. The normalized spacial score (nSPS) is 15.2. The minimum atomic E-state index is -0.335. The van der Waals surface area contributed by atoms with Crippen LogP contribution in [-0.2, 0) is 0 Å². The molecule has 0 atom stereocenters. The Labute approximate surface area is 204 Å². The van der Waals surface area contributed by atoms with Gasteiger partial charge in [0, 0.05) is 42.2 Å². The first-order valence-electron chi connectivity index (χ1n) is 11.7. The molecule has 1 saturated heterocycles. The minimum Gasteiger partial charge on any atom is -0.423 e. The molecule has 1 aliphatic heterocycles. The van der Waals surface area contributed by atoms with Crippen molar-refractivity contribution in [3.63, 3.8) is 0 Å². The van der Waals surface area contributed by atoms with E-state index < -0.39 is 0 Å². The number of halogens is 1. The third-order valence-electron chi connectivity index (χ3n) is 6.34. The number of likely N-dealkylation sites (tertiary alicyclic amines) is 1. The van der Waals surface area contributed by atoms with Gasteiger partial charge in [0.15, 0.2) is 0 Å². The molecular formula is C29H27ClN2O2. The molecule has 4 aromatic rings. The van der Waals surface area contributed by atoms with Gasteiger partial charge in [-0.2, -0.15) is 0 Å². The summed E-state index contributed by atoms with van der Waals surface area (Å²) in [5, 5.41) is 5.25. The minimum absolute atomic E-state index is 0.318. The third-order valence-corrected chi connectivity index (χ3v) is 6.59. The Morgan fingerprint density at radius 2 is 1.68 bits per heavy atom. The fraction of sp³-hybridized carbons (Fsp3) is 0.207. The van der Waals surface area contributed by atoms with E-state index in [9.17, 15) is 4.79 Å². The summed E-state index contributed by atoms with van der Waals surface area (Å²) in [4.78, 5) is 14.7. The molecule has 0 radical (unpaired) electrons. The van der Waals surface area contributed by atoms with Crippen LogP contribution in [0.2, 0.25) is 5.02 Å². The van der Waals surface area contributed by atoms with Gasteiger partial charge in [0.1, 0.15) is 5.58 Å². The van der Waals surface area contributed by atoms with Gasteiger partial charge in [0.05, 0.1) is 5.69 Å². The molecule has 3 aromatic carbocycles. The number of benzene rings is 3. The fourth-order valence-corrected chi connectivity index (χ4v) is 4.61. The summed E-state index contributed by atoms with van der Waals surface area (Å²) >= 11 is 6.04. The Bertz CT molecular complexity index is 1340. The molecule has 0 spiro atoms. The van der Waals surface area contributed by atoms with Crippen molar-refractivity contribution in [2.45, 2.75) is 18.9 Å². The highest BCUT2D eigenvalue weighted by Gasteiger charge is 2.19. The zero-order valence-corrected chi connectivity index (χ0v) is 19.7. The van der Waals surface area contributed by atoms with Crippen LogP contribution in [0.15, 0.2) is 94.2 Å². The van der Waals surface area contributed by atoms with E-state index in [4.69, 9.17) is 16.0 Å². The van der Waals surface area contributed by atoms with Crippen molar-refractivity contribution >= 4 is 34.3 Å². The van der Waals surface area contributed by atoms with Gasteiger partial charge in [-0.3, -0.25) is 4.90 Å². The SMILES string of the molecule is O=c1cc(NC2CCN(C/C=C/c3ccccc3)CC2)c2cc(-c3ccc(Cl)cc3)ccc2o1. The molecule has 0 amide bonds. The van der Waals surface area contributed by atoms with Crippen LogP contribution >= 0.6 is 11.6 Å².